The normalized spacial score (nSPS) is 21.6. The van der Waals surface area contributed by atoms with Crippen LogP contribution in [0.5, 0.6) is 0 Å². The highest BCUT2D eigenvalue weighted by molar-refractivity contribution is 5.70. The van der Waals surface area contributed by atoms with E-state index in [9.17, 15) is 30.0 Å². The summed E-state index contributed by atoms with van der Waals surface area (Å²) in [6.45, 7) is 3.07. The van der Waals surface area contributed by atoms with Crippen molar-refractivity contribution in [1.29, 1.82) is 0 Å². The first-order valence-corrected chi connectivity index (χ1v) is 20.3. The van der Waals surface area contributed by atoms with E-state index in [-0.39, 0.29) is 26.1 Å². The Bertz CT molecular complexity index is 1210. The molecule has 1 saturated heterocycles. The SMILES string of the molecule is CC/C=C/C/C=C/C/C=C/C/C=C/CCCCC(=O)OC[C@@H](CO[C@H]1O[C@@H](CO)[C@@H](O)C(O)C1O)OC(=O)CCCC/C=C/C/C=C/C/C=C/C/C=C/CC. The zero-order valence-corrected chi connectivity index (χ0v) is 33.4. The lowest BCUT2D eigenvalue weighted by Crippen LogP contribution is -2.59. The van der Waals surface area contributed by atoms with Gasteiger partial charge in [0.25, 0.3) is 0 Å². The van der Waals surface area contributed by atoms with Crippen LogP contribution >= 0.6 is 0 Å². The number of esters is 2. The van der Waals surface area contributed by atoms with Crippen molar-refractivity contribution in [3.63, 3.8) is 0 Å². The zero-order chi connectivity index (χ0) is 40.2. The lowest BCUT2D eigenvalue weighted by atomic mass is 9.99. The molecule has 10 heteroatoms. The maximum atomic E-state index is 12.7. The molecule has 1 aliphatic heterocycles. The molecule has 0 spiro atoms. The van der Waals surface area contributed by atoms with Crippen LogP contribution in [0.3, 0.4) is 0 Å². The first-order chi connectivity index (χ1) is 26.8. The molecule has 1 heterocycles. The van der Waals surface area contributed by atoms with Crippen LogP contribution in [0.2, 0.25) is 0 Å². The van der Waals surface area contributed by atoms with E-state index in [2.05, 4.69) is 111 Å². The van der Waals surface area contributed by atoms with Gasteiger partial charge < -0.3 is 39.4 Å². The Morgan fingerprint density at radius 2 is 1.00 bits per heavy atom. The van der Waals surface area contributed by atoms with Gasteiger partial charge in [-0.2, -0.15) is 0 Å². The third-order valence-corrected chi connectivity index (χ3v) is 8.46. The van der Waals surface area contributed by atoms with Crippen molar-refractivity contribution in [2.45, 2.75) is 153 Å². The summed E-state index contributed by atoms with van der Waals surface area (Å²) >= 11 is 0. The number of unbranched alkanes of at least 4 members (excludes halogenated alkanes) is 4. The molecular formula is C45H70O10. The minimum absolute atomic E-state index is 0.162. The Morgan fingerprint density at radius 3 is 1.45 bits per heavy atom. The van der Waals surface area contributed by atoms with E-state index in [4.69, 9.17) is 18.9 Å². The molecule has 2 unspecified atom stereocenters. The highest BCUT2D eigenvalue weighted by Crippen LogP contribution is 2.22. The number of allylic oxidation sites excluding steroid dienone is 16. The van der Waals surface area contributed by atoms with Crippen molar-refractivity contribution >= 4 is 11.9 Å². The van der Waals surface area contributed by atoms with E-state index in [1.807, 2.05) is 0 Å². The number of aliphatic hydroxyl groups excluding tert-OH is 4. The van der Waals surface area contributed by atoms with Crippen molar-refractivity contribution < 1.29 is 49.0 Å². The van der Waals surface area contributed by atoms with Gasteiger partial charge in [-0.3, -0.25) is 9.59 Å². The molecule has 1 fully saturated rings. The lowest BCUT2D eigenvalue weighted by Gasteiger charge is -2.39. The van der Waals surface area contributed by atoms with Crippen LogP contribution in [0.25, 0.3) is 0 Å². The molecule has 0 aromatic carbocycles. The first kappa shape index (κ1) is 49.6. The molecule has 0 saturated carbocycles. The Kier molecular flexibility index (Phi) is 31.6. The molecular weight excluding hydrogens is 700 g/mol. The summed E-state index contributed by atoms with van der Waals surface area (Å²) in [5.41, 5.74) is 0. The topological polar surface area (TPSA) is 152 Å². The van der Waals surface area contributed by atoms with Gasteiger partial charge in [-0.1, -0.05) is 111 Å². The highest BCUT2D eigenvalue weighted by atomic mass is 16.7. The number of ether oxygens (including phenoxy) is 4. The van der Waals surface area contributed by atoms with Crippen LogP contribution in [-0.4, -0.2) is 89.0 Å². The van der Waals surface area contributed by atoms with Gasteiger partial charge >= 0.3 is 11.9 Å². The quantitative estimate of drug-likeness (QED) is 0.0310. The van der Waals surface area contributed by atoms with E-state index in [0.717, 1.165) is 77.0 Å². The van der Waals surface area contributed by atoms with Crippen LogP contribution in [0.1, 0.15) is 117 Å². The minimum atomic E-state index is -1.61. The lowest BCUT2D eigenvalue weighted by molar-refractivity contribution is -0.305. The standard InChI is InChI=1S/C45H70O10/c1-3-5-7-9-11-13-15-17-19-21-23-25-27-29-31-33-40(47)52-36-38(37-53-45-44(51)43(50)42(49)39(35-46)55-45)54-41(48)34-32-30-28-26-24-22-20-18-16-14-12-10-8-6-4-2/h5-8,11-14,17-20,23-26,38-39,42-46,49-51H,3-4,9-10,15-16,21-22,27-37H2,1-2H3/b7-5+,8-6+,13-11+,14-12+,19-17+,20-18+,25-23+,26-24+/t38-,39-,42+,43?,44?,45-/m0/s1. The summed E-state index contributed by atoms with van der Waals surface area (Å²) in [4.78, 5) is 25.2. The number of carbonyl (C=O) groups is 2. The molecule has 0 aromatic heterocycles. The largest absolute Gasteiger partial charge is 0.462 e. The van der Waals surface area contributed by atoms with Crippen LogP contribution in [0, 0.1) is 0 Å². The molecule has 0 radical (unpaired) electrons. The molecule has 55 heavy (non-hydrogen) atoms. The third kappa shape index (κ3) is 27.0. The number of hydrogen-bond donors (Lipinski definition) is 4. The second-order valence-electron chi connectivity index (χ2n) is 13.3. The zero-order valence-electron chi connectivity index (χ0n) is 33.4. The second-order valence-corrected chi connectivity index (χ2v) is 13.3. The maximum Gasteiger partial charge on any atom is 0.306 e. The molecule has 1 rings (SSSR count). The average Bonchev–Trinajstić information content (AvgIpc) is 3.18. The summed E-state index contributed by atoms with van der Waals surface area (Å²) in [6, 6.07) is 0. The molecule has 0 aliphatic carbocycles. The van der Waals surface area contributed by atoms with Gasteiger partial charge in [0, 0.05) is 12.8 Å². The van der Waals surface area contributed by atoms with Crippen molar-refractivity contribution in [2.75, 3.05) is 19.8 Å². The summed E-state index contributed by atoms with van der Waals surface area (Å²) < 4.78 is 22.0. The van der Waals surface area contributed by atoms with Gasteiger partial charge in [0.1, 0.15) is 31.0 Å². The first-order valence-electron chi connectivity index (χ1n) is 20.3. The van der Waals surface area contributed by atoms with Gasteiger partial charge in [-0.25, -0.2) is 0 Å². The summed E-state index contributed by atoms with van der Waals surface area (Å²) in [7, 11) is 0. The predicted molar refractivity (Wildman–Crippen MR) is 219 cm³/mol. The van der Waals surface area contributed by atoms with Crippen LogP contribution in [0.4, 0.5) is 0 Å². The van der Waals surface area contributed by atoms with Gasteiger partial charge in [0.05, 0.1) is 13.2 Å². The van der Waals surface area contributed by atoms with E-state index in [1.54, 1.807) is 0 Å². The number of rotatable bonds is 31. The fraction of sp³-hybridized carbons (Fsp3) is 0.600. The number of aliphatic hydroxyl groups is 4. The third-order valence-electron chi connectivity index (χ3n) is 8.46. The van der Waals surface area contributed by atoms with Gasteiger partial charge in [-0.05, 0) is 89.9 Å². The van der Waals surface area contributed by atoms with Gasteiger partial charge in [0.15, 0.2) is 12.4 Å². The number of carbonyl (C=O) groups excluding carboxylic acids is 2. The van der Waals surface area contributed by atoms with Crippen LogP contribution in [-0.2, 0) is 28.5 Å². The molecule has 10 nitrogen and oxygen atoms in total. The smallest absolute Gasteiger partial charge is 0.306 e. The van der Waals surface area contributed by atoms with Crippen molar-refractivity contribution in [1.82, 2.24) is 0 Å². The van der Waals surface area contributed by atoms with E-state index < -0.39 is 55.4 Å². The highest BCUT2D eigenvalue weighted by Gasteiger charge is 2.44. The van der Waals surface area contributed by atoms with E-state index in [1.165, 1.54) is 0 Å². The Morgan fingerprint density at radius 1 is 0.564 bits per heavy atom. The molecule has 0 amide bonds. The Hall–Kier alpha value is -3.38. The van der Waals surface area contributed by atoms with Gasteiger partial charge in [-0.15, -0.1) is 0 Å². The molecule has 1 aliphatic rings. The molecule has 310 valence electrons. The molecule has 0 bridgehead atoms. The average molecular weight is 771 g/mol. The molecule has 6 atom stereocenters. The molecule has 0 aromatic rings. The van der Waals surface area contributed by atoms with E-state index >= 15 is 0 Å². The summed E-state index contributed by atoms with van der Waals surface area (Å²) in [6.07, 6.45) is 38.5. The summed E-state index contributed by atoms with van der Waals surface area (Å²) in [5.74, 6) is -0.918. The predicted octanol–water partition coefficient (Wildman–Crippen LogP) is 7.99. The van der Waals surface area contributed by atoms with Crippen molar-refractivity contribution in [3.05, 3.63) is 97.2 Å². The number of hydrogen-bond acceptors (Lipinski definition) is 10. The fourth-order valence-electron chi connectivity index (χ4n) is 5.28. The van der Waals surface area contributed by atoms with Crippen molar-refractivity contribution in [3.8, 4) is 0 Å². The minimum Gasteiger partial charge on any atom is -0.462 e. The molecule has 4 N–H and O–H groups in total. The Labute approximate surface area is 330 Å². The summed E-state index contributed by atoms with van der Waals surface area (Å²) in [5, 5.41) is 40.0. The van der Waals surface area contributed by atoms with Crippen LogP contribution < -0.4 is 0 Å². The maximum absolute atomic E-state index is 12.7. The van der Waals surface area contributed by atoms with Gasteiger partial charge in [0.2, 0.25) is 0 Å². The Balaban J connectivity index is 2.46. The van der Waals surface area contributed by atoms with Crippen LogP contribution in [0.15, 0.2) is 97.2 Å². The van der Waals surface area contributed by atoms with Crippen molar-refractivity contribution in [2.24, 2.45) is 0 Å². The second kappa shape index (κ2) is 35.1. The van der Waals surface area contributed by atoms with E-state index in [0.29, 0.717) is 12.8 Å². The fourth-order valence-corrected chi connectivity index (χ4v) is 5.28. The monoisotopic (exact) mass is 770 g/mol.